The van der Waals surface area contributed by atoms with Crippen LogP contribution in [0.1, 0.15) is 62.3 Å². The summed E-state index contributed by atoms with van der Waals surface area (Å²) in [5, 5.41) is 5.83. The molecular formula is C33H39N3O2Si2. The van der Waals surface area contributed by atoms with Gasteiger partial charge in [-0.2, -0.15) is 0 Å². The Morgan fingerprint density at radius 2 is 1.40 bits per heavy atom. The molecule has 6 rings (SSSR count). The van der Waals surface area contributed by atoms with Crippen molar-refractivity contribution in [1.82, 2.24) is 14.5 Å². The highest BCUT2D eigenvalue weighted by Gasteiger charge is 2.52. The predicted octanol–water partition coefficient (Wildman–Crippen LogP) is 8.34. The largest absolute Gasteiger partial charge is 0.353 e. The first-order valence-electron chi connectivity index (χ1n) is 14.2. The van der Waals surface area contributed by atoms with Gasteiger partial charge in [-0.25, -0.2) is 0 Å². The van der Waals surface area contributed by atoms with Crippen molar-refractivity contribution < 1.29 is 9.59 Å². The average molecular weight is 566 g/mol. The van der Waals surface area contributed by atoms with Crippen molar-refractivity contribution in [2.75, 3.05) is 0 Å². The van der Waals surface area contributed by atoms with Crippen LogP contribution < -0.4 is 5.19 Å². The van der Waals surface area contributed by atoms with Crippen LogP contribution in [0.4, 0.5) is 0 Å². The van der Waals surface area contributed by atoms with E-state index in [9.17, 15) is 9.59 Å². The van der Waals surface area contributed by atoms with E-state index >= 15 is 0 Å². The Kier molecular flexibility index (Phi) is 5.47. The lowest BCUT2D eigenvalue weighted by Gasteiger charge is -2.42. The Morgan fingerprint density at radius 1 is 0.775 bits per heavy atom. The summed E-state index contributed by atoms with van der Waals surface area (Å²) in [4.78, 5) is 37.7. The molecule has 1 N–H and O–H groups in total. The standard InChI is InChI=1S/C33H39N3O2Si2/c1-32(2,3)39(7,8)20-15-16-23-22(17-20)25-27-26(30(37)36(31(27)38)40(9,10)33(4,5)6)24-21-14-12-11-13-19(21)18-34-28(24)29(25)35-23/h11-18,35H,1-10H3. The van der Waals surface area contributed by atoms with Crippen molar-refractivity contribution in [2.24, 2.45) is 0 Å². The zero-order chi connectivity index (χ0) is 29.2. The second-order valence-electron chi connectivity index (χ2n) is 14.6. The number of carbonyl (C=O) groups is 2. The van der Waals surface area contributed by atoms with Crippen molar-refractivity contribution in [3.63, 3.8) is 0 Å². The van der Waals surface area contributed by atoms with E-state index in [1.54, 1.807) is 4.57 Å². The molecule has 0 fully saturated rings. The highest BCUT2D eigenvalue weighted by atomic mass is 28.3. The Morgan fingerprint density at radius 3 is 2.02 bits per heavy atom. The van der Waals surface area contributed by atoms with Crippen LogP contribution in [0, 0.1) is 0 Å². The third kappa shape index (κ3) is 3.40. The molecular weight excluding hydrogens is 527 g/mol. The number of benzene rings is 3. The number of carbonyl (C=O) groups excluding carboxylic acids is 2. The molecule has 206 valence electrons. The molecule has 3 aromatic carbocycles. The third-order valence-corrected chi connectivity index (χ3v) is 21.1. The molecule has 1 aliphatic rings. The summed E-state index contributed by atoms with van der Waals surface area (Å²) in [5.41, 5.74) is 3.60. The first kappa shape index (κ1) is 26.9. The first-order chi connectivity index (χ1) is 18.5. The maximum absolute atomic E-state index is 14.6. The Balaban J connectivity index is 1.81. The number of nitrogens with one attached hydrogen (secondary N) is 1. The topological polar surface area (TPSA) is 66.1 Å². The van der Waals surface area contributed by atoms with Crippen molar-refractivity contribution >= 4 is 76.8 Å². The molecule has 5 aromatic rings. The minimum absolute atomic E-state index is 0.160. The maximum atomic E-state index is 14.6. The fourth-order valence-corrected chi connectivity index (χ4v) is 9.67. The average Bonchev–Trinajstić information content (AvgIpc) is 3.36. The van der Waals surface area contributed by atoms with Crippen molar-refractivity contribution in [3.8, 4) is 0 Å². The lowest BCUT2D eigenvalue weighted by molar-refractivity contribution is 0.0747. The molecule has 2 amide bonds. The van der Waals surface area contributed by atoms with Gasteiger partial charge in [0.15, 0.2) is 8.24 Å². The van der Waals surface area contributed by atoms with Gasteiger partial charge in [0, 0.05) is 33.3 Å². The number of rotatable bonds is 2. The lowest BCUT2D eigenvalue weighted by atomic mass is 9.94. The molecule has 2 aromatic heterocycles. The molecule has 1 aliphatic heterocycles. The number of pyridine rings is 1. The number of fused-ring (bicyclic) bond motifs is 10. The summed E-state index contributed by atoms with van der Waals surface area (Å²) in [5.74, 6) is -0.336. The Bertz CT molecular complexity index is 1920. The first-order valence-corrected chi connectivity index (χ1v) is 20.1. The van der Waals surface area contributed by atoms with E-state index in [0.29, 0.717) is 11.1 Å². The van der Waals surface area contributed by atoms with Gasteiger partial charge in [-0.15, -0.1) is 0 Å². The van der Waals surface area contributed by atoms with Crippen molar-refractivity contribution in [3.05, 3.63) is 59.8 Å². The molecule has 0 radical (unpaired) electrons. The number of aromatic amines is 1. The van der Waals surface area contributed by atoms with E-state index in [0.717, 1.165) is 43.5 Å². The summed E-state index contributed by atoms with van der Waals surface area (Å²) < 4.78 is 1.65. The number of hydrogen-bond donors (Lipinski definition) is 1. The van der Waals surface area contributed by atoms with E-state index in [2.05, 4.69) is 90.9 Å². The van der Waals surface area contributed by atoms with E-state index in [1.165, 1.54) is 5.19 Å². The molecule has 0 saturated carbocycles. The minimum atomic E-state index is -2.54. The second kappa shape index (κ2) is 8.13. The van der Waals surface area contributed by atoms with Gasteiger partial charge in [0.1, 0.15) is 0 Å². The van der Waals surface area contributed by atoms with Gasteiger partial charge < -0.3 is 9.55 Å². The van der Waals surface area contributed by atoms with Crippen LogP contribution in [0.25, 0.3) is 43.5 Å². The molecule has 5 nitrogen and oxygen atoms in total. The van der Waals surface area contributed by atoms with Gasteiger partial charge in [0.25, 0.3) is 11.8 Å². The maximum Gasteiger partial charge on any atom is 0.254 e. The Labute approximate surface area is 238 Å². The molecule has 0 atom stereocenters. The van der Waals surface area contributed by atoms with E-state index in [-0.39, 0.29) is 21.9 Å². The summed E-state index contributed by atoms with van der Waals surface area (Å²) in [7, 11) is -4.40. The SMILES string of the molecule is CC(C)(C)[Si](C)(C)c1ccc2[nH]c3c4ncc5ccccc5c4c4c(c3c2c1)C(=O)N([Si](C)(C)C(C)(C)C)C4=O. The highest BCUT2D eigenvalue weighted by Crippen LogP contribution is 2.47. The molecule has 0 bridgehead atoms. The fraction of sp³-hybridized carbons (Fsp3) is 0.364. The number of imide groups is 1. The second-order valence-corrected chi connectivity index (χ2v) is 25.0. The summed E-state index contributed by atoms with van der Waals surface area (Å²) >= 11 is 0. The summed E-state index contributed by atoms with van der Waals surface area (Å²) in [6, 6.07) is 14.7. The number of amides is 2. The monoisotopic (exact) mass is 565 g/mol. The third-order valence-electron chi connectivity index (χ3n) is 10.4. The normalized spacial score (nSPS) is 15.3. The zero-order valence-corrected chi connectivity index (χ0v) is 27.3. The lowest BCUT2D eigenvalue weighted by Crippen LogP contribution is -2.57. The summed E-state index contributed by atoms with van der Waals surface area (Å²) in [6.07, 6.45) is 1.88. The van der Waals surface area contributed by atoms with Crippen LogP contribution in [-0.2, 0) is 0 Å². The molecule has 0 saturated heterocycles. The van der Waals surface area contributed by atoms with Gasteiger partial charge in [0.2, 0.25) is 0 Å². The fourth-order valence-electron chi connectivity index (χ4n) is 5.89. The van der Waals surface area contributed by atoms with Crippen LogP contribution >= 0.6 is 0 Å². The Hall–Kier alpha value is -3.30. The number of aromatic nitrogens is 2. The van der Waals surface area contributed by atoms with Crippen LogP contribution in [0.2, 0.25) is 36.3 Å². The molecule has 0 unspecified atom stereocenters. The number of H-pyrrole nitrogens is 1. The molecule has 0 spiro atoms. The van der Waals surface area contributed by atoms with E-state index < -0.39 is 16.3 Å². The minimum Gasteiger partial charge on any atom is -0.353 e. The van der Waals surface area contributed by atoms with Crippen LogP contribution in [0.5, 0.6) is 0 Å². The van der Waals surface area contributed by atoms with Gasteiger partial charge in [-0.05, 0) is 21.5 Å². The van der Waals surface area contributed by atoms with Crippen LogP contribution in [0.3, 0.4) is 0 Å². The molecule has 3 heterocycles. The van der Waals surface area contributed by atoms with E-state index in [4.69, 9.17) is 4.98 Å². The summed E-state index contributed by atoms with van der Waals surface area (Å²) in [6.45, 7) is 22.5. The van der Waals surface area contributed by atoms with Crippen LogP contribution in [0.15, 0.2) is 48.7 Å². The smallest absolute Gasteiger partial charge is 0.254 e. The van der Waals surface area contributed by atoms with Gasteiger partial charge >= 0.3 is 0 Å². The van der Waals surface area contributed by atoms with E-state index in [1.807, 2.05) is 30.5 Å². The van der Waals surface area contributed by atoms with Gasteiger partial charge in [-0.1, -0.05) is 109 Å². The van der Waals surface area contributed by atoms with Crippen molar-refractivity contribution in [2.45, 2.75) is 77.8 Å². The van der Waals surface area contributed by atoms with Gasteiger partial charge in [-0.3, -0.25) is 14.6 Å². The van der Waals surface area contributed by atoms with Gasteiger partial charge in [0.05, 0.1) is 30.2 Å². The quantitative estimate of drug-likeness (QED) is 0.133. The molecule has 40 heavy (non-hydrogen) atoms. The highest BCUT2D eigenvalue weighted by molar-refractivity contribution is 6.92. The van der Waals surface area contributed by atoms with Crippen LogP contribution in [-0.4, -0.2) is 42.7 Å². The molecule has 7 heteroatoms. The number of hydrogen-bond acceptors (Lipinski definition) is 3. The number of nitrogens with zero attached hydrogens (tertiary/aromatic N) is 2. The molecule has 0 aliphatic carbocycles. The van der Waals surface area contributed by atoms with Crippen molar-refractivity contribution in [1.29, 1.82) is 0 Å². The zero-order valence-electron chi connectivity index (χ0n) is 25.3. The predicted molar refractivity (Wildman–Crippen MR) is 173 cm³/mol.